The number of carbonyl (C=O) groups excluding carboxylic acids is 1. The van der Waals surface area contributed by atoms with Gasteiger partial charge in [-0.15, -0.1) is 0 Å². The number of nitrogens with zero attached hydrogens (tertiary/aromatic N) is 2. The van der Waals surface area contributed by atoms with Crippen molar-refractivity contribution in [2.45, 2.75) is 12.0 Å². The fourth-order valence-corrected chi connectivity index (χ4v) is 2.67. The van der Waals surface area contributed by atoms with Crippen LogP contribution in [0.15, 0.2) is 18.3 Å². The first kappa shape index (κ1) is 14.0. The Hall–Kier alpha value is -1.99. The predicted octanol–water partition coefficient (Wildman–Crippen LogP) is 0.411. The number of pyridine rings is 1. The molecule has 3 rings (SSSR count). The van der Waals surface area contributed by atoms with Crippen LogP contribution in [0.3, 0.4) is 0 Å². The van der Waals surface area contributed by atoms with E-state index >= 15 is 0 Å². The van der Waals surface area contributed by atoms with Crippen LogP contribution in [0, 0.1) is 0 Å². The summed E-state index contributed by atoms with van der Waals surface area (Å²) in [6.07, 6.45) is 2.09. The molecule has 1 atom stereocenters. The van der Waals surface area contributed by atoms with Crippen molar-refractivity contribution >= 4 is 11.9 Å². The molecule has 3 heterocycles. The summed E-state index contributed by atoms with van der Waals surface area (Å²) >= 11 is 0. The molecule has 2 aliphatic heterocycles. The van der Waals surface area contributed by atoms with Gasteiger partial charge in [-0.3, -0.25) is 4.79 Å². The molecule has 1 spiro atoms. The van der Waals surface area contributed by atoms with E-state index in [1.165, 1.54) is 18.3 Å². The lowest BCUT2D eigenvalue weighted by molar-refractivity contribution is -0.0995. The third kappa shape index (κ3) is 2.74. The summed E-state index contributed by atoms with van der Waals surface area (Å²) in [4.78, 5) is 28.7. The second-order valence-electron chi connectivity index (χ2n) is 5.30. The first-order valence-corrected chi connectivity index (χ1v) is 6.80. The van der Waals surface area contributed by atoms with E-state index in [1.54, 1.807) is 4.90 Å². The maximum absolute atomic E-state index is 12.5. The molecule has 7 heteroatoms. The largest absolute Gasteiger partial charge is 0.477 e. The normalized spacial score (nSPS) is 25.2. The average molecular weight is 292 g/mol. The predicted molar refractivity (Wildman–Crippen MR) is 71.2 cm³/mol. The van der Waals surface area contributed by atoms with Gasteiger partial charge in [0, 0.05) is 25.8 Å². The van der Waals surface area contributed by atoms with Gasteiger partial charge in [-0.05, 0) is 12.1 Å². The van der Waals surface area contributed by atoms with Crippen molar-refractivity contribution in [1.29, 1.82) is 0 Å². The van der Waals surface area contributed by atoms with Crippen molar-refractivity contribution in [2.24, 2.45) is 0 Å². The van der Waals surface area contributed by atoms with Crippen LogP contribution in [0.25, 0.3) is 0 Å². The zero-order chi connectivity index (χ0) is 14.9. The van der Waals surface area contributed by atoms with Crippen LogP contribution in [0.4, 0.5) is 0 Å². The first-order valence-electron chi connectivity index (χ1n) is 6.80. The molecule has 1 unspecified atom stereocenters. The van der Waals surface area contributed by atoms with Gasteiger partial charge >= 0.3 is 5.97 Å². The average Bonchev–Trinajstić information content (AvgIpc) is 2.94. The SMILES string of the molecule is O=C(O)c1ccc(C(=O)N2CCOC3(CCOC3)C2)cn1. The minimum absolute atomic E-state index is 0.0748. The van der Waals surface area contributed by atoms with Crippen molar-refractivity contribution in [3.05, 3.63) is 29.6 Å². The summed E-state index contributed by atoms with van der Waals surface area (Å²) in [5, 5.41) is 8.81. The van der Waals surface area contributed by atoms with Crippen molar-refractivity contribution < 1.29 is 24.2 Å². The summed E-state index contributed by atoms with van der Waals surface area (Å²) in [7, 11) is 0. The van der Waals surface area contributed by atoms with E-state index in [9.17, 15) is 9.59 Å². The summed E-state index contributed by atoms with van der Waals surface area (Å²) in [6, 6.07) is 2.83. The molecule has 112 valence electrons. The van der Waals surface area contributed by atoms with Crippen molar-refractivity contribution in [1.82, 2.24) is 9.88 Å². The number of rotatable bonds is 2. The number of carboxylic acids is 1. The Kier molecular flexibility index (Phi) is 3.60. The summed E-state index contributed by atoms with van der Waals surface area (Å²) in [5.74, 6) is -1.27. The van der Waals surface area contributed by atoms with E-state index < -0.39 is 5.97 Å². The molecule has 21 heavy (non-hydrogen) atoms. The molecule has 1 amide bonds. The molecule has 1 aromatic rings. The van der Waals surface area contributed by atoms with E-state index in [4.69, 9.17) is 14.6 Å². The van der Waals surface area contributed by atoms with Gasteiger partial charge in [-0.25, -0.2) is 9.78 Å². The quantitative estimate of drug-likeness (QED) is 0.849. The fraction of sp³-hybridized carbons (Fsp3) is 0.500. The smallest absolute Gasteiger partial charge is 0.354 e. The first-order chi connectivity index (χ1) is 10.1. The number of amides is 1. The van der Waals surface area contributed by atoms with Gasteiger partial charge in [0.05, 0.1) is 25.3 Å². The molecule has 0 bridgehead atoms. The Morgan fingerprint density at radius 1 is 1.33 bits per heavy atom. The third-order valence-corrected chi connectivity index (χ3v) is 3.83. The lowest BCUT2D eigenvalue weighted by Gasteiger charge is -2.39. The minimum atomic E-state index is -1.11. The van der Waals surface area contributed by atoms with Crippen molar-refractivity contribution in [3.8, 4) is 0 Å². The lowest BCUT2D eigenvalue weighted by atomic mass is 10.0. The van der Waals surface area contributed by atoms with Crippen LogP contribution in [-0.4, -0.2) is 65.4 Å². The number of aromatic nitrogens is 1. The zero-order valence-electron chi connectivity index (χ0n) is 11.4. The highest BCUT2D eigenvalue weighted by atomic mass is 16.6. The molecule has 2 aliphatic rings. The Morgan fingerprint density at radius 2 is 2.19 bits per heavy atom. The molecule has 1 aromatic heterocycles. The van der Waals surface area contributed by atoms with Gasteiger partial charge in [0.25, 0.3) is 5.91 Å². The number of carbonyl (C=O) groups is 2. The molecule has 0 saturated carbocycles. The monoisotopic (exact) mass is 292 g/mol. The van der Waals surface area contributed by atoms with Gasteiger partial charge in [-0.1, -0.05) is 0 Å². The van der Waals surface area contributed by atoms with Crippen LogP contribution in [0.2, 0.25) is 0 Å². The Labute approximate surface area is 121 Å². The van der Waals surface area contributed by atoms with Crippen LogP contribution in [-0.2, 0) is 9.47 Å². The van der Waals surface area contributed by atoms with Crippen molar-refractivity contribution in [2.75, 3.05) is 32.9 Å². The molecule has 2 saturated heterocycles. The number of ether oxygens (including phenoxy) is 2. The molecular formula is C14H16N2O5. The Bertz CT molecular complexity index is 551. The van der Waals surface area contributed by atoms with Gasteiger partial charge in [0.2, 0.25) is 0 Å². The van der Waals surface area contributed by atoms with E-state index in [2.05, 4.69) is 4.98 Å². The number of morpholine rings is 1. The second kappa shape index (κ2) is 5.42. The van der Waals surface area contributed by atoms with Crippen LogP contribution < -0.4 is 0 Å². The van der Waals surface area contributed by atoms with E-state index in [0.717, 1.165) is 6.42 Å². The fourth-order valence-electron chi connectivity index (χ4n) is 2.67. The Morgan fingerprint density at radius 3 is 2.81 bits per heavy atom. The highest BCUT2D eigenvalue weighted by Gasteiger charge is 2.41. The molecule has 0 radical (unpaired) electrons. The minimum Gasteiger partial charge on any atom is -0.477 e. The van der Waals surface area contributed by atoms with Crippen LogP contribution >= 0.6 is 0 Å². The third-order valence-electron chi connectivity index (χ3n) is 3.83. The van der Waals surface area contributed by atoms with Gasteiger partial charge in [0.15, 0.2) is 0 Å². The van der Waals surface area contributed by atoms with Crippen molar-refractivity contribution in [3.63, 3.8) is 0 Å². The summed E-state index contributed by atoms with van der Waals surface area (Å²) in [6.45, 7) is 2.65. The molecule has 1 N–H and O–H groups in total. The molecule has 2 fully saturated rings. The number of hydrogen-bond acceptors (Lipinski definition) is 5. The van der Waals surface area contributed by atoms with Gasteiger partial charge < -0.3 is 19.5 Å². The van der Waals surface area contributed by atoms with E-state index in [1.807, 2.05) is 0 Å². The molecule has 0 aliphatic carbocycles. The standard InChI is InChI=1S/C14H16N2O5/c17-12(10-1-2-11(13(18)19)15-7-10)16-4-6-21-14(8-16)3-5-20-9-14/h1-2,7H,3-6,8-9H2,(H,18,19). The van der Waals surface area contributed by atoms with Gasteiger partial charge in [-0.2, -0.15) is 0 Å². The number of aromatic carboxylic acids is 1. The molecule has 7 nitrogen and oxygen atoms in total. The summed E-state index contributed by atoms with van der Waals surface area (Å²) < 4.78 is 11.2. The molecular weight excluding hydrogens is 276 g/mol. The zero-order valence-corrected chi connectivity index (χ0v) is 11.4. The maximum atomic E-state index is 12.5. The topological polar surface area (TPSA) is 89.0 Å². The van der Waals surface area contributed by atoms with Crippen LogP contribution in [0.1, 0.15) is 27.3 Å². The van der Waals surface area contributed by atoms with E-state index in [0.29, 0.717) is 38.5 Å². The lowest BCUT2D eigenvalue weighted by Crippen LogP contribution is -2.54. The highest BCUT2D eigenvalue weighted by Crippen LogP contribution is 2.28. The van der Waals surface area contributed by atoms with Gasteiger partial charge in [0.1, 0.15) is 11.3 Å². The number of carboxylic acid groups (broad SMARTS) is 1. The Balaban J connectivity index is 1.73. The van der Waals surface area contributed by atoms with Crippen LogP contribution in [0.5, 0.6) is 0 Å². The second-order valence-corrected chi connectivity index (χ2v) is 5.30. The highest BCUT2D eigenvalue weighted by molar-refractivity contribution is 5.95. The summed E-state index contributed by atoms with van der Waals surface area (Å²) in [5.41, 5.74) is -0.0762. The molecule has 0 aromatic carbocycles. The maximum Gasteiger partial charge on any atom is 0.354 e. The van der Waals surface area contributed by atoms with E-state index in [-0.39, 0.29) is 17.2 Å². The number of hydrogen-bond donors (Lipinski definition) is 1.